The first kappa shape index (κ1) is 10.7. The lowest BCUT2D eigenvalue weighted by Crippen LogP contribution is -2.36. The molecule has 1 unspecified atom stereocenters. The normalized spacial score (nSPS) is 25.3. The van der Waals surface area contributed by atoms with Crippen molar-refractivity contribution < 1.29 is 0 Å². The Hall–Kier alpha value is -0.820. The third-order valence-electron chi connectivity index (χ3n) is 3.43. The Balaban J connectivity index is 2.17. The highest BCUT2D eigenvalue weighted by Gasteiger charge is 2.29. The van der Waals surface area contributed by atoms with Crippen LogP contribution in [0, 0.1) is 5.41 Å². The minimum absolute atomic E-state index is 0.470. The Labute approximate surface area is 93.1 Å². The van der Waals surface area contributed by atoms with E-state index in [1.54, 1.807) is 11.1 Å². The van der Waals surface area contributed by atoms with E-state index < -0.39 is 0 Å². The first-order chi connectivity index (χ1) is 7.09. The van der Waals surface area contributed by atoms with Gasteiger partial charge in [0, 0.05) is 6.54 Å². The van der Waals surface area contributed by atoms with Gasteiger partial charge in [-0.15, -0.1) is 0 Å². The van der Waals surface area contributed by atoms with Crippen molar-refractivity contribution in [2.24, 2.45) is 5.41 Å². The molecular formula is C14H21N. The number of hydrogen-bond donors (Lipinski definition) is 0. The molecule has 1 aliphatic rings. The average molecular weight is 203 g/mol. The van der Waals surface area contributed by atoms with Crippen LogP contribution in [0.4, 0.5) is 0 Å². The van der Waals surface area contributed by atoms with Gasteiger partial charge in [-0.3, -0.25) is 0 Å². The zero-order valence-corrected chi connectivity index (χ0v) is 10.1. The molecule has 1 nitrogen and oxygen atoms in total. The van der Waals surface area contributed by atoms with Crippen molar-refractivity contribution in [2.75, 3.05) is 20.6 Å². The smallest absolute Gasteiger partial charge is 0.00325 e. The molecular weight excluding hydrogens is 182 g/mol. The molecule has 1 aromatic carbocycles. The first-order valence-corrected chi connectivity index (χ1v) is 5.81. The fraction of sp³-hybridized carbons (Fsp3) is 0.571. The minimum Gasteiger partial charge on any atom is -0.309 e. The van der Waals surface area contributed by atoms with Gasteiger partial charge < -0.3 is 4.90 Å². The van der Waals surface area contributed by atoms with E-state index in [4.69, 9.17) is 0 Å². The second kappa shape index (κ2) is 3.97. The quantitative estimate of drug-likeness (QED) is 0.714. The molecule has 0 fully saturated rings. The number of nitrogens with zero attached hydrogens (tertiary/aromatic N) is 1. The Kier molecular flexibility index (Phi) is 2.83. The highest BCUT2D eigenvalue weighted by molar-refractivity contribution is 5.30. The van der Waals surface area contributed by atoms with Gasteiger partial charge in [0.15, 0.2) is 0 Å². The first-order valence-electron chi connectivity index (χ1n) is 5.81. The highest BCUT2D eigenvalue weighted by atomic mass is 15.1. The van der Waals surface area contributed by atoms with E-state index in [-0.39, 0.29) is 0 Å². The summed E-state index contributed by atoms with van der Waals surface area (Å²) in [6.45, 7) is 3.62. The maximum Gasteiger partial charge on any atom is 0.00325 e. The van der Waals surface area contributed by atoms with E-state index in [1.165, 1.54) is 25.8 Å². The molecule has 0 radical (unpaired) electrons. The van der Waals surface area contributed by atoms with Crippen molar-refractivity contribution in [1.82, 2.24) is 4.90 Å². The van der Waals surface area contributed by atoms with E-state index in [2.05, 4.69) is 50.2 Å². The summed E-state index contributed by atoms with van der Waals surface area (Å²) in [7, 11) is 4.34. The number of rotatable bonds is 2. The lowest BCUT2D eigenvalue weighted by atomic mass is 9.73. The number of fused-ring (bicyclic) bond motifs is 1. The van der Waals surface area contributed by atoms with Crippen LogP contribution in [0.25, 0.3) is 0 Å². The summed E-state index contributed by atoms with van der Waals surface area (Å²) in [6, 6.07) is 8.90. The van der Waals surface area contributed by atoms with E-state index in [0.29, 0.717) is 5.41 Å². The van der Waals surface area contributed by atoms with E-state index in [9.17, 15) is 0 Å². The van der Waals surface area contributed by atoms with Crippen LogP contribution in [0.5, 0.6) is 0 Å². The molecule has 0 N–H and O–H groups in total. The second-order valence-corrected chi connectivity index (χ2v) is 5.49. The van der Waals surface area contributed by atoms with Crippen molar-refractivity contribution >= 4 is 0 Å². The summed E-state index contributed by atoms with van der Waals surface area (Å²) >= 11 is 0. The van der Waals surface area contributed by atoms with Crippen molar-refractivity contribution in [1.29, 1.82) is 0 Å². The summed E-state index contributed by atoms with van der Waals surface area (Å²) in [5.74, 6) is 0. The SMILES string of the molecule is CN(C)CC1(C)CCc2ccccc2C1. The molecule has 1 atom stereocenters. The molecule has 15 heavy (non-hydrogen) atoms. The van der Waals surface area contributed by atoms with Gasteiger partial charge in [0.2, 0.25) is 0 Å². The number of benzene rings is 1. The Bertz CT molecular complexity index is 343. The molecule has 0 saturated heterocycles. The van der Waals surface area contributed by atoms with Crippen LogP contribution in [0.1, 0.15) is 24.5 Å². The van der Waals surface area contributed by atoms with Crippen LogP contribution in [-0.2, 0) is 12.8 Å². The van der Waals surface area contributed by atoms with Crippen LogP contribution in [0.3, 0.4) is 0 Å². The largest absolute Gasteiger partial charge is 0.309 e. The Morgan fingerprint density at radius 1 is 1.20 bits per heavy atom. The monoisotopic (exact) mass is 203 g/mol. The van der Waals surface area contributed by atoms with Crippen LogP contribution in [0.2, 0.25) is 0 Å². The molecule has 2 rings (SSSR count). The maximum absolute atomic E-state index is 2.42. The molecule has 0 heterocycles. The molecule has 0 aliphatic heterocycles. The summed E-state index contributed by atoms with van der Waals surface area (Å²) in [5, 5.41) is 0. The summed E-state index contributed by atoms with van der Waals surface area (Å²) < 4.78 is 0. The van der Waals surface area contributed by atoms with Gasteiger partial charge >= 0.3 is 0 Å². The molecule has 0 spiro atoms. The standard InChI is InChI=1S/C14H21N/c1-14(11-15(2)3)9-8-12-6-4-5-7-13(12)10-14/h4-7H,8-11H2,1-3H3. The summed E-state index contributed by atoms with van der Waals surface area (Å²) in [4.78, 5) is 2.31. The molecule has 0 saturated carbocycles. The third kappa shape index (κ3) is 2.40. The molecule has 1 aromatic rings. The molecule has 0 bridgehead atoms. The molecule has 1 aliphatic carbocycles. The lowest BCUT2D eigenvalue weighted by molar-refractivity contribution is 0.193. The fourth-order valence-electron chi connectivity index (χ4n) is 2.86. The highest BCUT2D eigenvalue weighted by Crippen LogP contribution is 2.35. The van der Waals surface area contributed by atoms with Gasteiger partial charge in [-0.1, -0.05) is 31.2 Å². The predicted molar refractivity (Wildman–Crippen MR) is 65.1 cm³/mol. The zero-order chi connectivity index (χ0) is 10.9. The van der Waals surface area contributed by atoms with E-state index >= 15 is 0 Å². The van der Waals surface area contributed by atoms with Crippen LogP contribution in [0.15, 0.2) is 24.3 Å². The zero-order valence-electron chi connectivity index (χ0n) is 10.1. The van der Waals surface area contributed by atoms with Crippen molar-refractivity contribution in [3.63, 3.8) is 0 Å². The minimum atomic E-state index is 0.470. The third-order valence-corrected chi connectivity index (χ3v) is 3.43. The number of hydrogen-bond acceptors (Lipinski definition) is 1. The fourth-order valence-corrected chi connectivity index (χ4v) is 2.86. The maximum atomic E-state index is 2.42. The van der Waals surface area contributed by atoms with E-state index in [0.717, 1.165) is 0 Å². The van der Waals surface area contributed by atoms with Crippen LogP contribution < -0.4 is 0 Å². The lowest BCUT2D eigenvalue weighted by Gasteiger charge is -2.37. The van der Waals surface area contributed by atoms with Crippen molar-refractivity contribution in [3.05, 3.63) is 35.4 Å². The molecule has 1 heteroatoms. The van der Waals surface area contributed by atoms with Crippen LogP contribution in [-0.4, -0.2) is 25.5 Å². The Morgan fingerprint density at radius 2 is 1.87 bits per heavy atom. The van der Waals surface area contributed by atoms with Crippen molar-refractivity contribution in [2.45, 2.75) is 26.2 Å². The summed E-state index contributed by atoms with van der Waals surface area (Å²) in [6.07, 6.45) is 3.81. The molecule has 0 aromatic heterocycles. The van der Waals surface area contributed by atoms with Gasteiger partial charge in [-0.05, 0) is 49.9 Å². The molecule has 0 amide bonds. The Morgan fingerprint density at radius 3 is 2.53 bits per heavy atom. The average Bonchev–Trinajstić information content (AvgIpc) is 2.15. The summed E-state index contributed by atoms with van der Waals surface area (Å²) in [5.41, 5.74) is 3.60. The van der Waals surface area contributed by atoms with Gasteiger partial charge in [0.05, 0.1) is 0 Å². The number of aryl methyl sites for hydroxylation is 1. The van der Waals surface area contributed by atoms with E-state index in [1.807, 2.05) is 0 Å². The van der Waals surface area contributed by atoms with Crippen molar-refractivity contribution in [3.8, 4) is 0 Å². The van der Waals surface area contributed by atoms with Gasteiger partial charge in [0.1, 0.15) is 0 Å². The van der Waals surface area contributed by atoms with Gasteiger partial charge in [-0.2, -0.15) is 0 Å². The van der Waals surface area contributed by atoms with Gasteiger partial charge in [0.25, 0.3) is 0 Å². The molecule has 82 valence electrons. The van der Waals surface area contributed by atoms with Crippen LogP contribution >= 0.6 is 0 Å². The predicted octanol–water partition coefficient (Wildman–Crippen LogP) is 2.74. The second-order valence-electron chi connectivity index (χ2n) is 5.49. The van der Waals surface area contributed by atoms with Gasteiger partial charge in [-0.25, -0.2) is 0 Å². The topological polar surface area (TPSA) is 3.24 Å².